The molecule has 0 aromatic heterocycles. The first-order chi connectivity index (χ1) is 14.9. The van der Waals surface area contributed by atoms with Crippen molar-refractivity contribution in [2.75, 3.05) is 13.7 Å². The molecule has 0 aliphatic heterocycles. The van der Waals surface area contributed by atoms with Crippen molar-refractivity contribution in [2.24, 2.45) is 11.7 Å². The monoisotopic (exact) mass is 472 g/mol. The van der Waals surface area contributed by atoms with Crippen molar-refractivity contribution in [2.45, 2.75) is 32.5 Å². The van der Waals surface area contributed by atoms with Gasteiger partial charge >= 0.3 is 6.18 Å². The number of amides is 2. The number of methoxy groups -OCH3 is 1. The zero-order valence-electron chi connectivity index (χ0n) is 17.8. The van der Waals surface area contributed by atoms with Crippen molar-refractivity contribution in [1.29, 1.82) is 0 Å². The Labute approximate surface area is 188 Å². The van der Waals surface area contributed by atoms with E-state index in [1.807, 2.05) is 13.8 Å². The van der Waals surface area contributed by atoms with Crippen LogP contribution in [0.15, 0.2) is 36.4 Å². The SMILES string of the molecule is COc1cc(C(=O)NC(CC(C)C)c2cccc(C(F)(F)F)c2)cc(Cl)c1OCC(N)=O. The van der Waals surface area contributed by atoms with Crippen LogP contribution in [-0.2, 0) is 11.0 Å². The Bertz CT molecular complexity index is 980. The molecule has 0 aliphatic carbocycles. The summed E-state index contributed by atoms with van der Waals surface area (Å²) in [5.41, 5.74) is 4.72. The Morgan fingerprint density at radius 1 is 1.19 bits per heavy atom. The number of primary amides is 1. The second kappa shape index (κ2) is 10.6. The predicted octanol–water partition coefficient (Wildman–Crippen LogP) is 4.75. The highest BCUT2D eigenvalue weighted by molar-refractivity contribution is 6.32. The van der Waals surface area contributed by atoms with Crippen LogP contribution in [0.1, 0.15) is 47.8 Å². The maximum absolute atomic E-state index is 13.1. The van der Waals surface area contributed by atoms with Crippen LogP contribution in [-0.4, -0.2) is 25.5 Å². The van der Waals surface area contributed by atoms with E-state index in [1.165, 1.54) is 31.4 Å². The van der Waals surface area contributed by atoms with E-state index in [0.29, 0.717) is 12.0 Å². The predicted molar refractivity (Wildman–Crippen MR) is 114 cm³/mol. The minimum absolute atomic E-state index is 0.00947. The van der Waals surface area contributed by atoms with Crippen molar-refractivity contribution >= 4 is 23.4 Å². The van der Waals surface area contributed by atoms with Crippen molar-refractivity contribution in [1.82, 2.24) is 5.32 Å². The number of benzene rings is 2. The minimum atomic E-state index is -4.50. The third-order valence-electron chi connectivity index (χ3n) is 4.48. The van der Waals surface area contributed by atoms with Gasteiger partial charge in [-0.2, -0.15) is 13.2 Å². The van der Waals surface area contributed by atoms with Crippen LogP contribution in [0.25, 0.3) is 0 Å². The molecule has 0 saturated heterocycles. The lowest BCUT2D eigenvalue weighted by Crippen LogP contribution is -2.30. The van der Waals surface area contributed by atoms with E-state index in [9.17, 15) is 22.8 Å². The number of hydrogen-bond donors (Lipinski definition) is 2. The summed E-state index contributed by atoms with van der Waals surface area (Å²) in [5.74, 6) is -1.04. The van der Waals surface area contributed by atoms with E-state index in [0.717, 1.165) is 12.1 Å². The third-order valence-corrected chi connectivity index (χ3v) is 4.76. The first kappa shape index (κ1) is 25.3. The molecule has 2 aromatic carbocycles. The Kier molecular flexibility index (Phi) is 8.38. The van der Waals surface area contributed by atoms with Crippen LogP contribution in [0, 0.1) is 5.92 Å². The summed E-state index contributed by atoms with van der Waals surface area (Å²) in [6.45, 7) is 3.36. The fraction of sp³-hybridized carbons (Fsp3) is 0.364. The molecule has 174 valence electrons. The molecule has 0 spiro atoms. The van der Waals surface area contributed by atoms with Gasteiger partial charge in [0.15, 0.2) is 18.1 Å². The van der Waals surface area contributed by atoms with Crippen LogP contribution < -0.4 is 20.5 Å². The molecule has 1 atom stereocenters. The summed E-state index contributed by atoms with van der Waals surface area (Å²) in [6, 6.07) is 6.86. The number of carbonyl (C=O) groups excluding carboxylic acids is 2. The second-order valence-electron chi connectivity index (χ2n) is 7.52. The fourth-order valence-electron chi connectivity index (χ4n) is 3.06. The summed E-state index contributed by atoms with van der Waals surface area (Å²) < 4.78 is 49.9. The fourth-order valence-corrected chi connectivity index (χ4v) is 3.32. The lowest BCUT2D eigenvalue weighted by molar-refractivity contribution is -0.137. The molecule has 1 unspecified atom stereocenters. The molecule has 2 rings (SSSR count). The van der Waals surface area contributed by atoms with Gasteiger partial charge in [0.25, 0.3) is 11.8 Å². The average molecular weight is 473 g/mol. The Morgan fingerprint density at radius 2 is 1.88 bits per heavy atom. The number of alkyl halides is 3. The standard InChI is InChI=1S/C22H24ClF3N2O4/c1-12(2)7-17(13-5-4-6-15(8-13)22(24,25)26)28-21(30)14-9-16(23)20(18(10-14)31-3)32-11-19(27)29/h4-6,8-10,12,17H,7,11H2,1-3H3,(H2,27,29)(H,28,30). The molecular formula is C22H24ClF3N2O4. The Balaban J connectivity index is 2.34. The number of rotatable bonds is 9. The van der Waals surface area contributed by atoms with Gasteiger partial charge in [0, 0.05) is 5.56 Å². The summed E-state index contributed by atoms with van der Waals surface area (Å²) in [6.07, 6.45) is -4.08. The van der Waals surface area contributed by atoms with Gasteiger partial charge in [0.2, 0.25) is 0 Å². The number of hydrogen-bond acceptors (Lipinski definition) is 4. The van der Waals surface area contributed by atoms with Crippen LogP contribution in [0.3, 0.4) is 0 Å². The average Bonchev–Trinajstić information content (AvgIpc) is 2.70. The molecule has 0 aliphatic rings. The van der Waals surface area contributed by atoms with Gasteiger partial charge < -0.3 is 20.5 Å². The summed E-state index contributed by atoms with van der Waals surface area (Å²) in [7, 11) is 1.33. The Hall–Kier alpha value is -2.94. The number of carbonyl (C=O) groups is 2. The maximum Gasteiger partial charge on any atom is 0.416 e. The van der Waals surface area contributed by atoms with E-state index < -0.39 is 36.2 Å². The minimum Gasteiger partial charge on any atom is -0.493 e. The molecular weight excluding hydrogens is 449 g/mol. The smallest absolute Gasteiger partial charge is 0.416 e. The lowest BCUT2D eigenvalue weighted by Gasteiger charge is -2.22. The molecule has 2 aromatic rings. The number of ether oxygens (including phenoxy) is 2. The van der Waals surface area contributed by atoms with Gasteiger partial charge in [-0.3, -0.25) is 9.59 Å². The van der Waals surface area contributed by atoms with Gasteiger partial charge in [0.1, 0.15) is 0 Å². The maximum atomic E-state index is 13.1. The molecule has 6 nitrogen and oxygen atoms in total. The summed E-state index contributed by atoms with van der Waals surface area (Å²) in [5, 5.41) is 2.78. The van der Waals surface area contributed by atoms with Crippen molar-refractivity contribution in [3.05, 3.63) is 58.1 Å². The van der Waals surface area contributed by atoms with Crippen LogP contribution >= 0.6 is 11.6 Å². The van der Waals surface area contributed by atoms with Crippen molar-refractivity contribution in [3.8, 4) is 11.5 Å². The molecule has 0 saturated carbocycles. The highest BCUT2D eigenvalue weighted by Crippen LogP contribution is 2.37. The molecule has 0 heterocycles. The molecule has 3 N–H and O–H groups in total. The van der Waals surface area contributed by atoms with Gasteiger partial charge in [-0.05, 0) is 42.2 Å². The zero-order chi connectivity index (χ0) is 24.1. The molecule has 2 amide bonds. The number of nitrogens with one attached hydrogen (secondary N) is 1. The quantitative estimate of drug-likeness (QED) is 0.551. The number of nitrogens with two attached hydrogens (primary N) is 1. The normalized spacial score (nSPS) is 12.4. The number of halogens is 4. The summed E-state index contributed by atoms with van der Waals surface area (Å²) >= 11 is 6.19. The van der Waals surface area contributed by atoms with E-state index in [4.69, 9.17) is 26.8 Å². The van der Waals surface area contributed by atoms with Gasteiger partial charge in [0.05, 0.1) is 23.7 Å². The first-order valence-corrected chi connectivity index (χ1v) is 10.1. The van der Waals surface area contributed by atoms with E-state index in [1.54, 1.807) is 0 Å². The zero-order valence-corrected chi connectivity index (χ0v) is 18.5. The molecule has 10 heteroatoms. The lowest BCUT2D eigenvalue weighted by atomic mass is 9.95. The van der Waals surface area contributed by atoms with Gasteiger partial charge in [-0.15, -0.1) is 0 Å². The van der Waals surface area contributed by atoms with Crippen LogP contribution in [0.4, 0.5) is 13.2 Å². The molecule has 0 fully saturated rings. The van der Waals surface area contributed by atoms with E-state index >= 15 is 0 Å². The van der Waals surface area contributed by atoms with Gasteiger partial charge in [-0.1, -0.05) is 37.6 Å². The van der Waals surface area contributed by atoms with Crippen LogP contribution in [0.2, 0.25) is 5.02 Å². The molecule has 0 bridgehead atoms. The van der Waals surface area contributed by atoms with Crippen LogP contribution in [0.5, 0.6) is 11.5 Å². The third kappa shape index (κ3) is 6.78. The summed E-state index contributed by atoms with van der Waals surface area (Å²) in [4.78, 5) is 23.9. The van der Waals surface area contributed by atoms with Crippen molar-refractivity contribution in [3.63, 3.8) is 0 Å². The topological polar surface area (TPSA) is 90.7 Å². The van der Waals surface area contributed by atoms with E-state index in [2.05, 4.69) is 5.32 Å². The molecule has 0 radical (unpaired) electrons. The second-order valence-corrected chi connectivity index (χ2v) is 7.93. The van der Waals surface area contributed by atoms with Gasteiger partial charge in [-0.25, -0.2) is 0 Å². The first-order valence-electron chi connectivity index (χ1n) is 9.69. The van der Waals surface area contributed by atoms with E-state index in [-0.39, 0.29) is 28.0 Å². The highest BCUT2D eigenvalue weighted by atomic mass is 35.5. The molecule has 32 heavy (non-hydrogen) atoms. The largest absolute Gasteiger partial charge is 0.493 e. The Morgan fingerprint density at radius 3 is 2.44 bits per heavy atom. The van der Waals surface area contributed by atoms with Crippen molar-refractivity contribution < 1.29 is 32.2 Å². The highest BCUT2D eigenvalue weighted by Gasteiger charge is 2.31.